The number of rotatable bonds is 8. The van der Waals surface area contributed by atoms with Gasteiger partial charge in [0.05, 0.1) is 0 Å². The van der Waals surface area contributed by atoms with Crippen LogP contribution in [0.4, 0.5) is 0 Å². The highest BCUT2D eigenvalue weighted by Gasteiger charge is 2.06. The van der Waals surface area contributed by atoms with Gasteiger partial charge in [-0.15, -0.1) is 5.10 Å². The molecule has 1 heterocycles. The highest BCUT2D eigenvalue weighted by atomic mass is 32.2. The van der Waals surface area contributed by atoms with E-state index in [-0.39, 0.29) is 5.69 Å². The molecule has 1 aromatic rings. The molecule has 0 fully saturated rings. The van der Waals surface area contributed by atoms with Crippen LogP contribution < -0.4 is 11.0 Å². The van der Waals surface area contributed by atoms with Gasteiger partial charge in [0.1, 0.15) is 0 Å². The maximum atomic E-state index is 11.3. The molecule has 2 N–H and O–H groups in total. The summed E-state index contributed by atoms with van der Waals surface area (Å²) in [5, 5.41) is 10.5. The second-order valence-electron chi connectivity index (χ2n) is 4.09. The SMILES string of the molecule is CCn1c(SCCCCC(C)NC)n[nH]c1=O. The molecule has 0 aliphatic rings. The highest BCUT2D eigenvalue weighted by molar-refractivity contribution is 7.99. The summed E-state index contributed by atoms with van der Waals surface area (Å²) in [7, 11) is 1.99. The molecular formula is C11H22N4OS. The molecule has 0 amide bonds. The van der Waals surface area contributed by atoms with Crippen molar-refractivity contribution in [2.45, 2.75) is 50.9 Å². The van der Waals surface area contributed by atoms with E-state index in [0.29, 0.717) is 12.6 Å². The van der Waals surface area contributed by atoms with Gasteiger partial charge < -0.3 is 5.32 Å². The first-order chi connectivity index (χ1) is 8.19. The number of hydrogen-bond donors (Lipinski definition) is 2. The average molecular weight is 258 g/mol. The first-order valence-electron chi connectivity index (χ1n) is 6.14. The number of nitrogens with zero attached hydrogens (tertiary/aromatic N) is 2. The summed E-state index contributed by atoms with van der Waals surface area (Å²) in [4.78, 5) is 11.3. The van der Waals surface area contributed by atoms with Crippen molar-refractivity contribution >= 4 is 11.8 Å². The zero-order chi connectivity index (χ0) is 12.7. The van der Waals surface area contributed by atoms with Gasteiger partial charge in [-0.25, -0.2) is 9.89 Å². The van der Waals surface area contributed by atoms with Crippen molar-refractivity contribution < 1.29 is 0 Å². The van der Waals surface area contributed by atoms with Crippen molar-refractivity contribution in [3.63, 3.8) is 0 Å². The van der Waals surface area contributed by atoms with E-state index in [1.54, 1.807) is 16.3 Å². The zero-order valence-electron chi connectivity index (χ0n) is 10.8. The number of aromatic nitrogens is 3. The third kappa shape index (κ3) is 4.55. The largest absolute Gasteiger partial charge is 0.343 e. The summed E-state index contributed by atoms with van der Waals surface area (Å²) in [6.45, 7) is 4.82. The normalized spacial score (nSPS) is 12.9. The smallest absolute Gasteiger partial charge is 0.317 e. The van der Waals surface area contributed by atoms with Gasteiger partial charge in [0, 0.05) is 18.3 Å². The van der Waals surface area contributed by atoms with E-state index in [2.05, 4.69) is 22.4 Å². The van der Waals surface area contributed by atoms with Crippen LogP contribution in [0.5, 0.6) is 0 Å². The molecule has 1 atom stereocenters. The molecule has 0 radical (unpaired) electrons. The summed E-state index contributed by atoms with van der Waals surface area (Å²) >= 11 is 1.65. The Labute approximate surface area is 106 Å². The number of thioether (sulfide) groups is 1. The molecule has 6 heteroatoms. The third-order valence-electron chi connectivity index (χ3n) is 2.79. The second kappa shape index (κ2) is 7.55. The Bertz CT molecular complexity index is 374. The van der Waals surface area contributed by atoms with Crippen molar-refractivity contribution in [1.82, 2.24) is 20.1 Å². The van der Waals surface area contributed by atoms with Crippen LogP contribution in [0.2, 0.25) is 0 Å². The summed E-state index contributed by atoms with van der Waals surface area (Å²) in [5.74, 6) is 1.01. The Hall–Kier alpha value is -0.750. The molecule has 0 aliphatic carbocycles. The fourth-order valence-corrected chi connectivity index (χ4v) is 2.56. The Balaban J connectivity index is 2.24. The number of hydrogen-bond acceptors (Lipinski definition) is 4. The van der Waals surface area contributed by atoms with Crippen LogP contribution in [0.3, 0.4) is 0 Å². The van der Waals surface area contributed by atoms with Gasteiger partial charge >= 0.3 is 5.69 Å². The highest BCUT2D eigenvalue weighted by Crippen LogP contribution is 2.15. The van der Waals surface area contributed by atoms with Gasteiger partial charge in [-0.05, 0) is 33.7 Å². The minimum Gasteiger partial charge on any atom is -0.317 e. The lowest BCUT2D eigenvalue weighted by Crippen LogP contribution is -2.20. The number of H-pyrrole nitrogens is 1. The van der Waals surface area contributed by atoms with Crippen molar-refractivity contribution in [3.05, 3.63) is 10.5 Å². The van der Waals surface area contributed by atoms with E-state index in [0.717, 1.165) is 17.3 Å². The van der Waals surface area contributed by atoms with Crippen LogP contribution in [-0.4, -0.2) is 33.6 Å². The molecule has 0 saturated heterocycles. The van der Waals surface area contributed by atoms with Crippen LogP contribution in [0.1, 0.15) is 33.1 Å². The van der Waals surface area contributed by atoms with Crippen LogP contribution in [-0.2, 0) is 6.54 Å². The quantitative estimate of drug-likeness (QED) is 0.547. The molecule has 0 aliphatic heterocycles. The Morgan fingerprint density at radius 3 is 2.94 bits per heavy atom. The molecule has 0 saturated carbocycles. The number of aromatic amines is 1. The van der Waals surface area contributed by atoms with Gasteiger partial charge in [0.2, 0.25) is 0 Å². The van der Waals surface area contributed by atoms with Gasteiger partial charge in [-0.1, -0.05) is 18.2 Å². The predicted molar refractivity (Wildman–Crippen MR) is 71.6 cm³/mol. The van der Waals surface area contributed by atoms with Gasteiger partial charge in [0.15, 0.2) is 5.16 Å². The molecular weight excluding hydrogens is 236 g/mol. The molecule has 0 spiro atoms. The van der Waals surface area contributed by atoms with Crippen LogP contribution >= 0.6 is 11.8 Å². The summed E-state index contributed by atoms with van der Waals surface area (Å²) in [5.41, 5.74) is -0.112. The van der Waals surface area contributed by atoms with Crippen molar-refractivity contribution in [2.24, 2.45) is 0 Å². The van der Waals surface area contributed by atoms with Crippen LogP contribution in [0.15, 0.2) is 9.95 Å². The minimum absolute atomic E-state index is 0.112. The van der Waals surface area contributed by atoms with E-state index >= 15 is 0 Å². The van der Waals surface area contributed by atoms with Crippen molar-refractivity contribution in [3.8, 4) is 0 Å². The van der Waals surface area contributed by atoms with E-state index in [9.17, 15) is 4.79 Å². The second-order valence-corrected chi connectivity index (χ2v) is 5.15. The number of nitrogens with one attached hydrogen (secondary N) is 2. The third-order valence-corrected chi connectivity index (χ3v) is 3.86. The lowest BCUT2D eigenvalue weighted by Gasteiger charge is -2.08. The van der Waals surface area contributed by atoms with Gasteiger partial charge in [-0.2, -0.15) is 0 Å². The maximum absolute atomic E-state index is 11.3. The maximum Gasteiger partial charge on any atom is 0.343 e. The number of unbranched alkanes of at least 4 members (excludes halogenated alkanes) is 1. The van der Waals surface area contributed by atoms with Gasteiger partial charge in [-0.3, -0.25) is 4.57 Å². The predicted octanol–water partition coefficient (Wildman–Crippen LogP) is 1.46. The van der Waals surface area contributed by atoms with E-state index in [1.807, 2.05) is 14.0 Å². The Kier molecular flexibility index (Phi) is 6.36. The standard InChI is InChI=1S/C11H22N4OS/c1-4-15-10(16)13-14-11(15)17-8-6-5-7-9(2)12-3/h9,12H,4-8H2,1-3H3,(H,13,16). The van der Waals surface area contributed by atoms with E-state index < -0.39 is 0 Å². The molecule has 1 aromatic heterocycles. The Morgan fingerprint density at radius 1 is 1.53 bits per heavy atom. The van der Waals surface area contributed by atoms with Gasteiger partial charge in [0.25, 0.3) is 0 Å². The lowest BCUT2D eigenvalue weighted by molar-refractivity contribution is 0.538. The summed E-state index contributed by atoms with van der Waals surface area (Å²) < 4.78 is 1.67. The van der Waals surface area contributed by atoms with E-state index in [4.69, 9.17) is 0 Å². The topological polar surface area (TPSA) is 62.7 Å². The Morgan fingerprint density at radius 2 is 2.29 bits per heavy atom. The molecule has 98 valence electrons. The zero-order valence-corrected chi connectivity index (χ0v) is 11.6. The fraction of sp³-hybridized carbons (Fsp3) is 0.818. The van der Waals surface area contributed by atoms with Crippen LogP contribution in [0.25, 0.3) is 0 Å². The average Bonchev–Trinajstić information content (AvgIpc) is 2.69. The summed E-state index contributed by atoms with van der Waals surface area (Å²) in [6.07, 6.45) is 3.55. The minimum atomic E-state index is -0.112. The van der Waals surface area contributed by atoms with Crippen molar-refractivity contribution in [2.75, 3.05) is 12.8 Å². The monoisotopic (exact) mass is 258 g/mol. The first-order valence-corrected chi connectivity index (χ1v) is 7.12. The summed E-state index contributed by atoms with van der Waals surface area (Å²) in [6, 6.07) is 0.583. The van der Waals surface area contributed by atoms with Crippen molar-refractivity contribution in [1.29, 1.82) is 0 Å². The molecule has 0 aromatic carbocycles. The fourth-order valence-electron chi connectivity index (χ4n) is 1.55. The molecule has 1 rings (SSSR count). The molecule has 0 bridgehead atoms. The first kappa shape index (κ1) is 14.3. The molecule has 5 nitrogen and oxygen atoms in total. The van der Waals surface area contributed by atoms with Crippen LogP contribution in [0, 0.1) is 0 Å². The molecule has 17 heavy (non-hydrogen) atoms. The lowest BCUT2D eigenvalue weighted by atomic mass is 10.1. The molecule has 1 unspecified atom stereocenters. The van der Waals surface area contributed by atoms with E-state index in [1.165, 1.54) is 12.8 Å².